The summed E-state index contributed by atoms with van der Waals surface area (Å²) in [5.74, 6) is 3.26. The van der Waals surface area contributed by atoms with Crippen LogP contribution in [0.4, 0.5) is 4.39 Å². The van der Waals surface area contributed by atoms with Gasteiger partial charge in [-0.05, 0) is 98.7 Å². The van der Waals surface area contributed by atoms with Gasteiger partial charge in [-0.25, -0.2) is 0 Å². The Morgan fingerprint density at radius 1 is 1.09 bits per heavy atom. The van der Waals surface area contributed by atoms with Gasteiger partial charge in [-0.2, -0.15) is 25.3 Å². The number of rotatable bonds is 4. The molecule has 5 fully saturated rings. The highest BCUT2D eigenvalue weighted by Crippen LogP contribution is 2.69. The molecule has 2 saturated heterocycles. The minimum Gasteiger partial charge on any atom is -0.378 e. The monoisotopic (exact) mass is 493 g/mol. The van der Waals surface area contributed by atoms with Crippen molar-refractivity contribution in [2.75, 3.05) is 19.8 Å². The minimum absolute atomic E-state index is 0.265. The largest absolute Gasteiger partial charge is 0.378 e. The third kappa shape index (κ3) is 3.55. The molecule has 0 bridgehead atoms. The lowest BCUT2D eigenvalue weighted by Crippen LogP contribution is -2.52. The Kier molecular flexibility index (Phi) is 6.24. The standard InChI is InChI=1S/C28H44FNOS2/c1-27-10-8-18(31-13-3-12-29)14-17(27)4-6-20-21(27)9-11-28(2)22(20)15-24-25(28)26(33)23-7-5-19(32)16-30(23)24/h4,18-26,32-33H,3,5-16H2,1-2H3/t18-,19-,20?,21?,22?,23?,24?,25?,26+,27-,28-/m0/s1. The van der Waals surface area contributed by atoms with Crippen molar-refractivity contribution in [2.45, 2.75) is 107 Å². The first-order chi connectivity index (χ1) is 15.9. The highest BCUT2D eigenvalue weighted by atomic mass is 32.1. The molecule has 0 N–H and O–H groups in total. The fourth-order valence-electron chi connectivity index (χ4n) is 10.1. The van der Waals surface area contributed by atoms with Crippen molar-refractivity contribution in [3.05, 3.63) is 11.6 Å². The van der Waals surface area contributed by atoms with E-state index in [1.54, 1.807) is 5.57 Å². The number of allylic oxidation sites excluding steroid dienone is 1. The minimum atomic E-state index is -0.265. The van der Waals surface area contributed by atoms with E-state index in [1.165, 1.54) is 51.5 Å². The van der Waals surface area contributed by atoms with Crippen molar-refractivity contribution in [2.24, 2.45) is 34.5 Å². The molecule has 0 spiro atoms. The lowest BCUT2D eigenvalue weighted by molar-refractivity contribution is -0.0583. The zero-order valence-electron chi connectivity index (χ0n) is 20.6. The SMILES string of the molecule is C[C@]12CCC3C(CC=C4C[C@@H](OCCCF)CC[C@@]43C)C1CC1C2[C@H](S)C2CC[C@H](S)CN12. The highest BCUT2D eigenvalue weighted by molar-refractivity contribution is 7.81. The number of hydrogen-bond acceptors (Lipinski definition) is 4. The number of thiol groups is 2. The molecule has 0 radical (unpaired) electrons. The van der Waals surface area contributed by atoms with E-state index in [1.807, 2.05) is 0 Å². The van der Waals surface area contributed by atoms with E-state index >= 15 is 0 Å². The van der Waals surface area contributed by atoms with E-state index in [-0.39, 0.29) is 6.67 Å². The summed E-state index contributed by atoms with van der Waals surface area (Å²) in [4.78, 5) is 2.87. The number of alkyl halides is 1. The Morgan fingerprint density at radius 3 is 2.76 bits per heavy atom. The van der Waals surface area contributed by atoms with Gasteiger partial charge in [-0.1, -0.05) is 25.5 Å². The molecule has 2 aliphatic heterocycles. The van der Waals surface area contributed by atoms with Gasteiger partial charge in [-0.15, -0.1) is 0 Å². The van der Waals surface area contributed by atoms with Crippen LogP contribution in [-0.4, -0.2) is 53.4 Å². The Bertz CT molecular complexity index is 792. The zero-order chi connectivity index (χ0) is 23.0. The van der Waals surface area contributed by atoms with E-state index in [4.69, 9.17) is 30.0 Å². The second-order valence-corrected chi connectivity index (χ2v) is 14.2. The predicted molar refractivity (Wildman–Crippen MR) is 140 cm³/mol. The number of hydrogen-bond donors (Lipinski definition) is 2. The normalized spacial score (nSPS) is 53.5. The van der Waals surface area contributed by atoms with Crippen LogP contribution in [-0.2, 0) is 4.74 Å². The topological polar surface area (TPSA) is 12.5 Å². The molecule has 3 saturated carbocycles. The molecule has 33 heavy (non-hydrogen) atoms. The third-order valence-corrected chi connectivity index (χ3v) is 12.7. The van der Waals surface area contributed by atoms with Crippen LogP contribution in [0.1, 0.15) is 78.1 Å². The molecule has 2 heterocycles. The van der Waals surface area contributed by atoms with Crippen molar-refractivity contribution in [1.82, 2.24) is 4.90 Å². The Labute approximate surface area is 211 Å². The van der Waals surface area contributed by atoms with Crippen LogP contribution < -0.4 is 0 Å². The molecular weight excluding hydrogens is 449 g/mol. The lowest BCUT2D eigenvalue weighted by atomic mass is 9.47. The average molecular weight is 494 g/mol. The molecule has 5 heteroatoms. The predicted octanol–water partition coefficient (Wildman–Crippen LogP) is 6.36. The number of fused-ring (bicyclic) bond motifs is 9. The van der Waals surface area contributed by atoms with Crippen LogP contribution >= 0.6 is 25.3 Å². The first-order valence-corrected chi connectivity index (χ1v) is 14.9. The molecule has 0 aromatic carbocycles. The fraction of sp³-hybridized carbons (Fsp3) is 0.929. The molecule has 0 aromatic rings. The summed E-state index contributed by atoms with van der Waals surface area (Å²) >= 11 is 10.2. The van der Waals surface area contributed by atoms with E-state index in [2.05, 4.69) is 24.8 Å². The lowest BCUT2D eigenvalue weighted by Gasteiger charge is -2.58. The van der Waals surface area contributed by atoms with Crippen molar-refractivity contribution < 1.29 is 9.13 Å². The van der Waals surface area contributed by atoms with Gasteiger partial charge in [0, 0.05) is 35.7 Å². The molecule has 186 valence electrons. The number of halogens is 1. The van der Waals surface area contributed by atoms with Gasteiger partial charge in [0.1, 0.15) is 0 Å². The molecule has 2 nitrogen and oxygen atoms in total. The van der Waals surface area contributed by atoms with E-state index in [0.717, 1.165) is 42.6 Å². The summed E-state index contributed by atoms with van der Waals surface area (Å²) in [6.07, 6.45) is 15.0. The van der Waals surface area contributed by atoms with Crippen LogP contribution in [0.25, 0.3) is 0 Å². The molecule has 0 amide bonds. The smallest absolute Gasteiger partial charge is 0.0916 e. The van der Waals surface area contributed by atoms with Crippen molar-refractivity contribution in [1.29, 1.82) is 0 Å². The van der Waals surface area contributed by atoms with Gasteiger partial charge in [0.25, 0.3) is 0 Å². The number of ether oxygens (including phenoxy) is 1. The molecule has 0 aromatic heterocycles. The third-order valence-electron chi connectivity index (χ3n) is 11.6. The summed E-state index contributed by atoms with van der Waals surface area (Å²) in [5, 5.41) is 1.09. The van der Waals surface area contributed by atoms with Gasteiger partial charge in [0.05, 0.1) is 12.8 Å². The summed E-state index contributed by atoms with van der Waals surface area (Å²) in [5.41, 5.74) is 2.48. The van der Waals surface area contributed by atoms with Gasteiger partial charge < -0.3 is 4.74 Å². The first kappa shape index (κ1) is 23.7. The van der Waals surface area contributed by atoms with Crippen molar-refractivity contribution >= 4 is 25.3 Å². The van der Waals surface area contributed by atoms with Gasteiger partial charge in [0.2, 0.25) is 0 Å². The Hall–Kier alpha value is 0.290. The quantitative estimate of drug-likeness (QED) is 0.268. The molecule has 11 atom stereocenters. The van der Waals surface area contributed by atoms with Gasteiger partial charge >= 0.3 is 0 Å². The van der Waals surface area contributed by atoms with Crippen LogP contribution in [0.15, 0.2) is 11.6 Å². The Morgan fingerprint density at radius 2 is 1.94 bits per heavy atom. The maximum atomic E-state index is 12.5. The van der Waals surface area contributed by atoms with E-state index in [9.17, 15) is 4.39 Å². The summed E-state index contributed by atoms with van der Waals surface area (Å²) in [7, 11) is 0. The van der Waals surface area contributed by atoms with Crippen molar-refractivity contribution in [3.63, 3.8) is 0 Å². The van der Waals surface area contributed by atoms with E-state index < -0.39 is 0 Å². The second-order valence-electron chi connectivity index (χ2n) is 12.9. The maximum absolute atomic E-state index is 12.5. The van der Waals surface area contributed by atoms with Crippen LogP contribution in [0, 0.1) is 34.5 Å². The number of piperidine rings is 1. The average Bonchev–Trinajstić information content (AvgIpc) is 3.26. The van der Waals surface area contributed by atoms with Crippen molar-refractivity contribution in [3.8, 4) is 0 Å². The van der Waals surface area contributed by atoms with Crippen LogP contribution in [0.2, 0.25) is 0 Å². The molecule has 6 aliphatic rings. The molecular formula is C28H44FNOS2. The van der Waals surface area contributed by atoms with E-state index in [0.29, 0.717) is 46.5 Å². The van der Waals surface area contributed by atoms with Gasteiger partial charge in [-0.3, -0.25) is 9.29 Å². The number of nitrogens with zero attached hydrogens (tertiary/aromatic N) is 1. The summed E-state index contributed by atoms with van der Waals surface area (Å²) in [6, 6.07) is 1.42. The van der Waals surface area contributed by atoms with Crippen LogP contribution in [0.3, 0.4) is 0 Å². The molecule has 6 rings (SSSR count). The fourth-order valence-corrected chi connectivity index (χ4v) is 11.3. The van der Waals surface area contributed by atoms with Gasteiger partial charge in [0.15, 0.2) is 0 Å². The molecule has 4 aliphatic carbocycles. The summed E-state index contributed by atoms with van der Waals surface area (Å²) in [6.45, 7) is 6.73. The van der Waals surface area contributed by atoms with Crippen LogP contribution in [0.5, 0.6) is 0 Å². The first-order valence-electron chi connectivity index (χ1n) is 13.9. The maximum Gasteiger partial charge on any atom is 0.0916 e. The Balaban J connectivity index is 1.23. The highest BCUT2D eigenvalue weighted by Gasteiger charge is 2.66. The second kappa shape index (κ2) is 8.70. The molecule has 6 unspecified atom stereocenters. The zero-order valence-corrected chi connectivity index (χ0v) is 22.4. The summed E-state index contributed by atoms with van der Waals surface area (Å²) < 4.78 is 18.6.